The summed E-state index contributed by atoms with van der Waals surface area (Å²) in [6, 6.07) is 25.9. The zero-order chi connectivity index (χ0) is 23.5. The fourth-order valence-electron chi connectivity index (χ4n) is 3.45. The molecule has 0 bridgehead atoms. The number of amides is 1. The lowest BCUT2D eigenvalue weighted by Gasteiger charge is -2.24. The molecule has 1 N–H and O–H groups in total. The maximum atomic E-state index is 12.4. The topological polar surface area (TPSA) is 50.8 Å². The number of nitrogens with zero attached hydrogens (tertiary/aromatic N) is 1. The number of benzene rings is 3. The van der Waals surface area contributed by atoms with Crippen molar-refractivity contribution >= 4 is 12.0 Å². The van der Waals surface area contributed by atoms with E-state index in [1.807, 2.05) is 87.7 Å². The molecule has 0 fully saturated rings. The van der Waals surface area contributed by atoms with Gasteiger partial charge >= 0.3 is 0 Å². The smallest absolute Gasteiger partial charge is 0.244 e. The molecule has 0 radical (unpaired) electrons. The molecule has 0 aliphatic rings. The Morgan fingerprint density at radius 2 is 1.64 bits per heavy atom. The summed E-state index contributed by atoms with van der Waals surface area (Å²) >= 11 is 0. The second kappa shape index (κ2) is 12.5. The minimum Gasteiger partial charge on any atom is -0.490 e. The van der Waals surface area contributed by atoms with E-state index >= 15 is 0 Å². The maximum absolute atomic E-state index is 12.4. The average molecular weight is 445 g/mol. The number of rotatable bonds is 11. The summed E-state index contributed by atoms with van der Waals surface area (Å²) in [7, 11) is 4.02. The number of nitrogens with one attached hydrogen (secondary N) is 1. The van der Waals surface area contributed by atoms with Crippen molar-refractivity contribution in [3.63, 3.8) is 0 Å². The zero-order valence-electron chi connectivity index (χ0n) is 19.5. The molecule has 3 aromatic rings. The van der Waals surface area contributed by atoms with E-state index in [0.29, 0.717) is 31.3 Å². The summed E-state index contributed by atoms with van der Waals surface area (Å²) in [5.41, 5.74) is 3.12. The Morgan fingerprint density at radius 1 is 0.939 bits per heavy atom. The largest absolute Gasteiger partial charge is 0.490 e. The van der Waals surface area contributed by atoms with Gasteiger partial charge in [-0.05, 0) is 55.9 Å². The van der Waals surface area contributed by atoms with Gasteiger partial charge in [0.05, 0.1) is 12.6 Å². The van der Waals surface area contributed by atoms with Crippen LogP contribution in [-0.4, -0.2) is 38.1 Å². The average Bonchev–Trinajstić information content (AvgIpc) is 2.83. The molecule has 0 aliphatic heterocycles. The highest BCUT2D eigenvalue weighted by atomic mass is 16.5. The third kappa shape index (κ3) is 7.51. The Kier molecular flexibility index (Phi) is 9.09. The highest BCUT2D eigenvalue weighted by Crippen LogP contribution is 2.29. The predicted octanol–water partition coefficient (Wildman–Crippen LogP) is 5.10. The number of hydrogen-bond donors (Lipinski definition) is 1. The Hall–Kier alpha value is -3.57. The SMILES string of the molecule is CCOc1cc(/C=C/C(=O)NC[C@H](c2ccccc2)N(C)C)ccc1OCc1ccccc1. The van der Waals surface area contributed by atoms with Crippen LogP contribution in [0.2, 0.25) is 0 Å². The summed E-state index contributed by atoms with van der Waals surface area (Å²) in [4.78, 5) is 14.5. The molecule has 33 heavy (non-hydrogen) atoms. The van der Waals surface area contributed by atoms with Crippen LogP contribution in [0.3, 0.4) is 0 Å². The van der Waals surface area contributed by atoms with Crippen LogP contribution in [0.25, 0.3) is 6.08 Å². The predicted molar refractivity (Wildman–Crippen MR) is 133 cm³/mol. The van der Waals surface area contributed by atoms with Crippen molar-refractivity contribution in [3.8, 4) is 11.5 Å². The molecule has 0 aliphatic carbocycles. The Balaban J connectivity index is 1.61. The molecule has 172 valence electrons. The van der Waals surface area contributed by atoms with Crippen LogP contribution in [0.1, 0.15) is 29.7 Å². The van der Waals surface area contributed by atoms with Gasteiger partial charge in [-0.1, -0.05) is 66.7 Å². The van der Waals surface area contributed by atoms with Gasteiger partial charge in [-0.15, -0.1) is 0 Å². The first-order chi connectivity index (χ1) is 16.1. The third-order valence-electron chi connectivity index (χ3n) is 5.21. The number of hydrogen-bond acceptors (Lipinski definition) is 4. The molecule has 0 aromatic heterocycles. The highest BCUT2D eigenvalue weighted by Gasteiger charge is 2.14. The van der Waals surface area contributed by atoms with E-state index in [9.17, 15) is 4.79 Å². The molecule has 3 rings (SSSR count). The van der Waals surface area contributed by atoms with E-state index in [2.05, 4.69) is 22.3 Å². The quantitative estimate of drug-likeness (QED) is 0.418. The molecular formula is C28H32N2O3. The van der Waals surface area contributed by atoms with Crippen LogP contribution in [0.5, 0.6) is 11.5 Å². The van der Waals surface area contributed by atoms with E-state index in [1.54, 1.807) is 12.2 Å². The van der Waals surface area contributed by atoms with Crippen LogP contribution in [0.15, 0.2) is 84.9 Å². The van der Waals surface area contributed by atoms with Crippen LogP contribution < -0.4 is 14.8 Å². The molecule has 0 spiro atoms. The van der Waals surface area contributed by atoms with Crippen LogP contribution >= 0.6 is 0 Å². The van der Waals surface area contributed by atoms with Gasteiger partial charge in [0, 0.05) is 12.6 Å². The van der Waals surface area contributed by atoms with E-state index in [4.69, 9.17) is 9.47 Å². The van der Waals surface area contributed by atoms with Gasteiger partial charge in [-0.2, -0.15) is 0 Å². The Bertz CT molecular complexity index is 1030. The Morgan fingerprint density at radius 3 is 2.30 bits per heavy atom. The summed E-state index contributed by atoms with van der Waals surface area (Å²) in [6.45, 7) is 3.45. The van der Waals surface area contributed by atoms with E-state index in [1.165, 1.54) is 5.56 Å². The van der Waals surface area contributed by atoms with Crippen molar-refractivity contribution in [1.29, 1.82) is 0 Å². The standard InChI is InChI=1S/C28H32N2O3/c1-4-32-27-19-22(15-17-26(27)33-21-23-11-7-5-8-12-23)16-18-28(31)29-20-25(30(2)3)24-13-9-6-10-14-24/h5-19,25H,4,20-21H2,1-3H3,(H,29,31)/b18-16+/t25-/m1/s1. The monoisotopic (exact) mass is 444 g/mol. The van der Waals surface area contributed by atoms with Crippen molar-refractivity contribution in [1.82, 2.24) is 10.2 Å². The molecular weight excluding hydrogens is 412 g/mol. The first-order valence-corrected chi connectivity index (χ1v) is 11.2. The fraction of sp³-hybridized carbons (Fsp3) is 0.250. The number of likely N-dealkylation sites (N-methyl/N-ethyl adjacent to an activating group) is 1. The minimum absolute atomic E-state index is 0.106. The number of carbonyl (C=O) groups is 1. The summed E-state index contributed by atoms with van der Waals surface area (Å²) < 4.78 is 11.7. The van der Waals surface area contributed by atoms with Crippen molar-refractivity contribution in [2.45, 2.75) is 19.6 Å². The molecule has 3 aromatic carbocycles. The lowest BCUT2D eigenvalue weighted by Crippen LogP contribution is -2.33. The van der Waals surface area contributed by atoms with Crippen molar-refractivity contribution in [2.75, 3.05) is 27.2 Å². The van der Waals surface area contributed by atoms with E-state index in [0.717, 1.165) is 11.1 Å². The molecule has 0 saturated carbocycles. The van der Waals surface area contributed by atoms with E-state index in [-0.39, 0.29) is 11.9 Å². The van der Waals surface area contributed by atoms with Crippen molar-refractivity contribution < 1.29 is 14.3 Å². The first-order valence-electron chi connectivity index (χ1n) is 11.2. The van der Waals surface area contributed by atoms with Crippen molar-refractivity contribution in [3.05, 3.63) is 102 Å². The lowest BCUT2D eigenvalue weighted by molar-refractivity contribution is -0.116. The fourth-order valence-corrected chi connectivity index (χ4v) is 3.45. The molecule has 1 atom stereocenters. The highest BCUT2D eigenvalue weighted by molar-refractivity contribution is 5.91. The molecule has 5 heteroatoms. The van der Waals surface area contributed by atoms with Gasteiger partial charge < -0.3 is 19.7 Å². The van der Waals surface area contributed by atoms with Gasteiger partial charge in [0.25, 0.3) is 0 Å². The number of carbonyl (C=O) groups excluding carboxylic acids is 1. The van der Waals surface area contributed by atoms with E-state index < -0.39 is 0 Å². The summed E-state index contributed by atoms with van der Waals surface area (Å²) in [5, 5.41) is 3.00. The van der Waals surface area contributed by atoms with Crippen LogP contribution in [0.4, 0.5) is 0 Å². The molecule has 0 unspecified atom stereocenters. The molecule has 0 heterocycles. The van der Waals surface area contributed by atoms with Gasteiger partial charge in [0.15, 0.2) is 11.5 Å². The Labute approximate surface area is 196 Å². The number of ether oxygens (including phenoxy) is 2. The van der Waals surface area contributed by atoms with Crippen LogP contribution in [-0.2, 0) is 11.4 Å². The second-order valence-electron chi connectivity index (χ2n) is 7.88. The summed E-state index contributed by atoms with van der Waals surface area (Å²) in [5.74, 6) is 1.20. The van der Waals surface area contributed by atoms with Gasteiger partial charge in [0.1, 0.15) is 6.61 Å². The summed E-state index contributed by atoms with van der Waals surface area (Å²) in [6.07, 6.45) is 3.33. The molecule has 0 saturated heterocycles. The van der Waals surface area contributed by atoms with Crippen LogP contribution in [0, 0.1) is 0 Å². The molecule has 5 nitrogen and oxygen atoms in total. The minimum atomic E-state index is -0.139. The first kappa shape index (κ1) is 24.1. The second-order valence-corrected chi connectivity index (χ2v) is 7.88. The van der Waals surface area contributed by atoms with Gasteiger partial charge in [-0.3, -0.25) is 4.79 Å². The zero-order valence-corrected chi connectivity index (χ0v) is 19.5. The maximum Gasteiger partial charge on any atom is 0.244 e. The molecule has 1 amide bonds. The normalized spacial score (nSPS) is 12.0. The van der Waals surface area contributed by atoms with Crippen molar-refractivity contribution in [2.24, 2.45) is 0 Å². The third-order valence-corrected chi connectivity index (χ3v) is 5.21. The van der Waals surface area contributed by atoms with Gasteiger partial charge in [0.2, 0.25) is 5.91 Å². The lowest BCUT2D eigenvalue weighted by atomic mass is 10.1. The van der Waals surface area contributed by atoms with Gasteiger partial charge in [-0.25, -0.2) is 0 Å².